The molecule has 0 amide bonds. The van der Waals surface area contributed by atoms with Crippen LogP contribution in [0.4, 0.5) is 5.82 Å². The first kappa shape index (κ1) is 11.3. The number of nitrogens with zero attached hydrogens (tertiary/aromatic N) is 2. The normalized spacial score (nSPS) is 10.3. The number of nitrogens with two attached hydrogens (primary N) is 1. The van der Waals surface area contributed by atoms with Gasteiger partial charge >= 0.3 is 0 Å². The summed E-state index contributed by atoms with van der Waals surface area (Å²) in [6.07, 6.45) is 1.68. The zero-order chi connectivity index (χ0) is 12.4. The first-order valence-electron chi connectivity index (χ1n) is 5.16. The molecule has 0 radical (unpaired) electrons. The molecule has 5 nitrogen and oxygen atoms in total. The predicted octanol–water partition coefficient (Wildman–Crippen LogP) is 1.69. The van der Waals surface area contributed by atoms with E-state index in [4.69, 9.17) is 15.2 Å². The van der Waals surface area contributed by atoms with Crippen LogP contribution in [0.15, 0.2) is 24.5 Å². The van der Waals surface area contributed by atoms with Crippen LogP contribution in [0.25, 0.3) is 11.3 Å². The van der Waals surface area contributed by atoms with Gasteiger partial charge in [0.15, 0.2) is 11.5 Å². The number of hydrogen-bond acceptors (Lipinski definition) is 4. The number of aryl methyl sites for hydroxylation is 1. The fourth-order valence-corrected chi connectivity index (χ4v) is 1.65. The summed E-state index contributed by atoms with van der Waals surface area (Å²) in [5.74, 6) is 1.97. The van der Waals surface area contributed by atoms with Crippen LogP contribution >= 0.6 is 0 Å². The lowest BCUT2D eigenvalue weighted by Gasteiger charge is -2.08. The smallest absolute Gasteiger partial charge is 0.161 e. The van der Waals surface area contributed by atoms with E-state index in [0.29, 0.717) is 17.3 Å². The number of rotatable bonds is 3. The molecule has 90 valence electrons. The minimum atomic E-state index is 0.622. The summed E-state index contributed by atoms with van der Waals surface area (Å²) in [7, 11) is 5.06. The molecule has 0 fully saturated rings. The monoisotopic (exact) mass is 233 g/mol. The van der Waals surface area contributed by atoms with E-state index >= 15 is 0 Å². The molecule has 0 bridgehead atoms. The van der Waals surface area contributed by atoms with Crippen molar-refractivity contribution >= 4 is 5.82 Å². The van der Waals surface area contributed by atoms with Crippen LogP contribution in [0.5, 0.6) is 11.5 Å². The average Bonchev–Trinajstić information content (AvgIpc) is 2.69. The molecule has 1 aromatic carbocycles. The van der Waals surface area contributed by atoms with Crippen LogP contribution in [0.2, 0.25) is 0 Å². The van der Waals surface area contributed by atoms with Gasteiger partial charge in [-0.3, -0.25) is 0 Å². The second-order valence-electron chi connectivity index (χ2n) is 3.66. The van der Waals surface area contributed by atoms with Crippen molar-refractivity contribution < 1.29 is 9.47 Å². The minimum absolute atomic E-state index is 0.622. The molecule has 0 saturated carbocycles. The number of anilines is 1. The lowest BCUT2D eigenvalue weighted by Crippen LogP contribution is -1.96. The highest BCUT2D eigenvalue weighted by Gasteiger charge is 2.11. The Morgan fingerprint density at radius 3 is 2.41 bits per heavy atom. The summed E-state index contributed by atoms with van der Waals surface area (Å²) in [4.78, 5) is 4.26. The van der Waals surface area contributed by atoms with E-state index in [2.05, 4.69) is 4.98 Å². The number of nitrogen functional groups attached to an aromatic ring is 1. The minimum Gasteiger partial charge on any atom is -0.493 e. The zero-order valence-electron chi connectivity index (χ0n) is 10.1. The van der Waals surface area contributed by atoms with E-state index in [9.17, 15) is 0 Å². The lowest BCUT2D eigenvalue weighted by atomic mass is 10.1. The highest BCUT2D eigenvalue weighted by molar-refractivity contribution is 5.72. The molecule has 0 spiro atoms. The van der Waals surface area contributed by atoms with Gasteiger partial charge in [-0.15, -0.1) is 0 Å². The van der Waals surface area contributed by atoms with Gasteiger partial charge in [0.05, 0.1) is 20.5 Å². The maximum absolute atomic E-state index is 5.93. The van der Waals surface area contributed by atoms with Crippen molar-refractivity contribution in [2.75, 3.05) is 20.0 Å². The van der Waals surface area contributed by atoms with Crippen molar-refractivity contribution in [1.29, 1.82) is 0 Å². The number of methoxy groups -OCH3 is 2. The topological polar surface area (TPSA) is 62.3 Å². The summed E-state index contributed by atoms with van der Waals surface area (Å²) in [5, 5.41) is 0. The Bertz CT molecular complexity index is 535. The van der Waals surface area contributed by atoms with Crippen molar-refractivity contribution in [2.45, 2.75) is 0 Å². The molecule has 1 heterocycles. The fourth-order valence-electron chi connectivity index (χ4n) is 1.65. The zero-order valence-corrected chi connectivity index (χ0v) is 10.1. The SMILES string of the molecule is COc1ccc(-c2ncn(C)c2N)cc1OC. The molecule has 17 heavy (non-hydrogen) atoms. The molecule has 0 aliphatic carbocycles. The molecule has 0 unspecified atom stereocenters. The third-order valence-corrected chi connectivity index (χ3v) is 2.64. The standard InChI is InChI=1S/C12H15N3O2/c1-15-7-14-11(12(15)13)8-4-5-9(16-2)10(6-8)17-3/h4-7H,13H2,1-3H3. The molecule has 0 atom stereocenters. The molecule has 0 saturated heterocycles. The highest BCUT2D eigenvalue weighted by atomic mass is 16.5. The Morgan fingerprint density at radius 2 is 1.88 bits per heavy atom. The molecule has 2 aromatic rings. The van der Waals surface area contributed by atoms with E-state index in [1.165, 1.54) is 0 Å². The number of imidazole rings is 1. The Balaban J connectivity index is 2.50. The largest absolute Gasteiger partial charge is 0.493 e. The van der Waals surface area contributed by atoms with Gasteiger partial charge in [0.2, 0.25) is 0 Å². The van der Waals surface area contributed by atoms with Crippen LogP contribution in [0.3, 0.4) is 0 Å². The Labute approximate surface area is 99.8 Å². The molecule has 1 aromatic heterocycles. The molecule has 0 aliphatic rings. The number of aromatic nitrogens is 2. The van der Waals surface area contributed by atoms with E-state index in [-0.39, 0.29) is 0 Å². The maximum atomic E-state index is 5.93. The van der Waals surface area contributed by atoms with Gasteiger partial charge in [0, 0.05) is 12.6 Å². The van der Waals surface area contributed by atoms with E-state index in [1.807, 2.05) is 25.2 Å². The fraction of sp³-hybridized carbons (Fsp3) is 0.250. The van der Waals surface area contributed by atoms with Crippen molar-refractivity contribution in [1.82, 2.24) is 9.55 Å². The third kappa shape index (κ3) is 1.91. The average molecular weight is 233 g/mol. The molecule has 2 rings (SSSR count). The van der Waals surface area contributed by atoms with Crippen molar-refractivity contribution in [3.05, 3.63) is 24.5 Å². The quantitative estimate of drug-likeness (QED) is 0.876. The second-order valence-corrected chi connectivity index (χ2v) is 3.66. The summed E-state index contributed by atoms with van der Waals surface area (Å²) in [5.41, 5.74) is 7.57. The molecular weight excluding hydrogens is 218 g/mol. The highest BCUT2D eigenvalue weighted by Crippen LogP contribution is 2.33. The van der Waals surface area contributed by atoms with E-state index < -0.39 is 0 Å². The van der Waals surface area contributed by atoms with Crippen LogP contribution in [-0.2, 0) is 7.05 Å². The van der Waals surface area contributed by atoms with Gasteiger partial charge in [0.1, 0.15) is 11.5 Å². The summed E-state index contributed by atoms with van der Waals surface area (Å²) >= 11 is 0. The third-order valence-electron chi connectivity index (χ3n) is 2.64. The van der Waals surface area contributed by atoms with Crippen molar-refractivity contribution in [2.24, 2.45) is 7.05 Å². The summed E-state index contributed by atoms with van der Waals surface area (Å²) < 4.78 is 12.2. The van der Waals surface area contributed by atoms with Gasteiger partial charge in [-0.05, 0) is 18.2 Å². The first-order chi connectivity index (χ1) is 8.17. The molecular formula is C12H15N3O2. The second kappa shape index (κ2) is 4.37. The van der Waals surface area contributed by atoms with Gasteiger partial charge in [-0.1, -0.05) is 0 Å². The maximum Gasteiger partial charge on any atom is 0.161 e. The van der Waals surface area contributed by atoms with Crippen LogP contribution in [0.1, 0.15) is 0 Å². The Morgan fingerprint density at radius 1 is 1.18 bits per heavy atom. The van der Waals surface area contributed by atoms with Gasteiger partial charge in [0.25, 0.3) is 0 Å². The first-order valence-corrected chi connectivity index (χ1v) is 5.16. The van der Waals surface area contributed by atoms with Crippen LogP contribution < -0.4 is 15.2 Å². The molecule has 0 aliphatic heterocycles. The molecule has 5 heteroatoms. The van der Waals surface area contributed by atoms with Gasteiger partial charge in [-0.2, -0.15) is 0 Å². The van der Waals surface area contributed by atoms with E-state index in [0.717, 1.165) is 11.3 Å². The molecule has 2 N–H and O–H groups in total. The predicted molar refractivity (Wildman–Crippen MR) is 66.2 cm³/mol. The van der Waals surface area contributed by atoms with Crippen LogP contribution in [0, 0.1) is 0 Å². The van der Waals surface area contributed by atoms with Crippen LogP contribution in [-0.4, -0.2) is 23.8 Å². The number of ether oxygens (including phenoxy) is 2. The van der Waals surface area contributed by atoms with Crippen molar-refractivity contribution in [3.63, 3.8) is 0 Å². The van der Waals surface area contributed by atoms with E-state index in [1.54, 1.807) is 25.1 Å². The Hall–Kier alpha value is -2.17. The van der Waals surface area contributed by atoms with Crippen molar-refractivity contribution in [3.8, 4) is 22.8 Å². The lowest BCUT2D eigenvalue weighted by molar-refractivity contribution is 0.355. The van der Waals surface area contributed by atoms with Gasteiger partial charge < -0.3 is 19.8 Å². The Kier molecular flexibility index (Phi) is 2.91. The van der Waals surface area contributed by atoms with Gasteiger partial charge in [-0.25, -0.2) is 4.98 Å². The summed E-state index contributed by atoms with van der Waals surface area (Å²) in [6.45, 7) is 0. The summed E-state index contributed by atoms with van der Waals surface area (Å²) in [6, 6.07) is 5.60. The number of benzene rings is 1. The number of hydrogen-bond donors (Lipinski definition) is 1.